The number of benzene rings is 2. The molecule has 2 aromatic carbocycles. The van der Waals surface area contributed by atoms with Crippen molar-refractivity contribution in [3.8, 4) is 11.5 Å². The maximum absolute atomic E-state index is 13.6. The highest BCUT2D eigenvalue weighted by atomic mass is 16.5. The Bertz CT molecular complexity index is 1090. The molecule has 0 aliphatic carbocycles. The second-order valence-electron chi connectivity index (χ2n) is 8.46. The summed E-state index contributed by atoms with van der Waals surface area (Å²) in [7, 11) is 3.30. The number of hydrogen-bond donors (Lipinski definition) is 0. The highest BCUT2D eigenvalue weighted by molar-refractivity contribution is 5.82. The molecule has 5 rings (SSSR count). The zero-order valence-corrected chi connectivity index (χ0v) is 18.6. The van der Waals surface area contributed by atoms with Crippen molar-refractivity contribution in [3.63, 3.8) is 0 Å². The normalized spacial score (nSPS) is 20.6. The molecule has 1 fully saturated rings. The molecule has 6 nitrogen and oxygen atoms in total. The largest absolute Gasteiger partial charge is 0.493 e. The average molecular weight is 432 g/mol. The number of carbonyl (C=O) groups is 1. The number of nitrogens with zero attached hydrogens (tertiary/aromatic N) is 3. The van der Waals surface area contributed by atoms with Gasteiger partial charge in [-0.1, -0.05) is 36.4 Å². The van der Waals surface area contributed by atoms with E-state index in [1.807, 2.05) is 30.3 Å². The number of rotatable bonds is 6. The summed E-state index contributed by atoms with van der Waals surface area (Å²) in [5.41, 5.74) is 3.51. The summed E-state index contributed by atoms with van der Waals surface area (Å²) < 4.78 is 13.1. The highest BCUT2D eigenvalue weighted by Crippen LogP contribution is 2.39. The Balaban J connectivity index is 1.45. The van der Waals surface area contributed by atoms with Gasteiger partial charge in [-0.05, 0) is 41.8 Å². The Morgan fingerprint density at radius 2 is 1.72 bits per heavy atom. The van der Waals surface area contributed by atoms with Crippen LogP contribution in [0.2, 0.25) is 0 Å². The van der Waals surface area contributed by atoms with Crippen molar-refractivity contribution in [3.05, 3.63) is 83.7 Å². The minimum Gasteiger partial charge on any atom is -0.493 e. The van der Waals surface area contributed by atoms with Gasteiger partial charge in [0.05, 0.1) is 19.9 Å². The molecule has 0 bridgehead atoms. The number of hydrogen-bond acceptors (Lipinski definition) is 4. The predicted octanol–water partition coefficient (Wildman–Crippen LogP) is 4.04. The molecular formula is C26H29N3O3. The zero-order valence-electron chi connectivity index (χ0n) is 18.6. The molecule has 2 aliphatic heterocycles. The maximum Gasteiger partial charge on any atom is 0.247 e. The van der Waals surface area contributed by atoms with E-state index in [4.69, 9.17) is 9.47 Å². The molecule has 0 spiro atoms. The van der Waals surface area contributed by atoms with Crippen LogP contribution in [0.1, 0.15) is 35.4 Å². The van der Waals surface area contributed by atoms with Crippen LogP contribution in [-0.4, -0.2) is 47.6 Å². The van der Waals surface area contributed by atoms with Crippen LogP contribution in [-0.2, 0) is 17.8 Å². The highest BCUT2D eigenvalue weighted by Gasteiger charge is 2.43. The fraction of sp³-hybridized carbons (Fsp3) is 0.346. The zero-order chi connectivity index (χ0) is 22.1. The van der Waals surface area contributed by atoms with E-state index in [-0.39, 0.29) is 18.1 Å². The molecule has 1 amide bonds. The summed E-state index contributed by atoms with van der Waals surface area (Å²) in [5, 5.41) is 0. The van der Waals surface area contributed by atoms with Crippen LogP contribution in [0, 0.1) is 0 Å². The van der Waals surface area contributed by atoms with Gasteiger partial charge >= 0.3 is 0 Å². The van der Waals surface area contributed by atoms with E-state index in [9.17, 15) is 4.79 Å². The van der Waals surface area contributed by atoms with E-state index in [1.54, 1.807) is 14.2 Å². The first kappa shape index (κ1) is 20.6. The summed E-state index contributed by atoms with van der Waals surface area (Å²) in [6.45, 7) is 2.48. The van der Waals surface area contributed by atoms with Crippen molar-refractivity contribution >= 4 is 5.91 Å². The average Bonchev–Trinajstić information content (AvgIpc) is 3.32. The molecule has 166 valence electrons. The third-order valence-corrected chi connectivity index (χ3v) is 6.57. The maximum atomic E-state index is 13.6. The molecule has 32 heavy (non-hydrogen) atoms. The van der Waals surface area contributed by atoms with E-state index < -0.39 is 0 Å². The number of fused-ring (bicyclic) bond motifs is 3. The first-order valence-corrected chi connectivity index (χ1v) is 11.2. The van der Waals surface area contributed by atoms with Gasteiger partial charge in [-0.25, -0.2) is 0 Å². The van der Waals surface area contributed by atoms with E-state index >= 15 is 0 Å². The van der Waals surface area contributed by atoms with Gasteiger partial charge in [0.2, 0.25) is 5.91 Å². The quantitative estimate of drug-likeness (QED) is 0.591. The lowest BCUT2D eigenvalue weighted by atomic mass is 9.99. The lowest BCUT2D eigenvalue weighted by molar-refractivity contribution is -0.150. The summed E-state index contributed by atoms with van der Waals surface area (Å²) >= 11 is 0. The molecule has 1 aromatic heterocycles. The lowest BCUT2D eigenvalue weighted by Gasteiger charge is -2.49. The van der Waals surface area contributed by atoms with Gasteiger partial charge in [0.25, 0.3) is 0 Å². The first-order valence-electron chi connectivity index (χ1n) is 11.2. The minimum atomic E-state index is -0.195. The first-order chi connectivity index (χ1) is 15.7. The van der Waals surface area contributed by atoms with Gasteiger partial charge in [-0.2, -0.15) is 0 Å². The second-order valence-corrected chi connectivity index (χ2v) is 8.46. The molecule has 2 atom stereocenters. The third kappa shape index (κ3) is 3.65. The van der Waals surface area contributed by atoms with Gasteiger partial charge in [0.15, 0.2) is 11.5 Å². The lowest BCUT2D eigenvalue weighted by Crippen LogP contribution is -2.55. The Morgan fingerprint density at radius 3 is 2.50 bits per heavy atom. The van der Waals surface area contributed by atoms with E-state index in [2.05, 4.69) is 50.9 Å². The van der Waals surface area contributed by atoms with Crippen LogP contribution in [0.25, 0.3) is 0 Å². The predicted molar refractivity (Wildman–Crippen MR) is 123 cm³/mol. The number of amides is 1. The smallest absolute Gasteiger partial charge is 0.247 e. The van der Waals surface area contributed by atoms with E-state index in [1.165, 1.54) is 11.3 Å². The molecule has 0 N–H and O–H groups in total. The number of ether oxygens (including phenoxy) is 2. The van der Waals surface area contributed by atoms with Crippen molar-refractivity contribution in [2.45, 2.75) is 31.6 Å². The van der Waals surface area contributed by atoms with E-state index in [0.717, 1.165) is 43.1 Å². The van der Waals surface area contributed by atoms with Crippen LogP contribution in [0.3, 0.4) is 0 Å². The van der Waals surface area contributed by atoms with Crippen LogP contribution in [0.5, 0.6) is 11.5 Å². The summed E-state index contributed by atoms with van der Waals surface area (Å²) in [5.74, 6) is 1.66. The van der Waals surface area contributed by atoms with Crippen molar-refractivity contribution in [1.82, 2.24) is 14.4 Å². The van der Waals surface area contributed by atoms with E-state index in [0.29, 0.717) is 6.42 Å². The summed E-state index contributed by atoms with van der Waals surface area (Å²) in [6.07, 6.45) is 3.68. The molecule has 6 heteroatoms. The number of methoxy groups -OCH3 is 2. The molecule has 1 saturated heterocycles. The van der Waals surface area contributed by atoms with Crippen LogP contribution >= 0.6 is 0 Å². The Morgan fingerprint density at radius 1 is 0.906 bits per heavy atom. The van der Waals surface area contributed by atoms with Crippen molar-refractivity contribution in [2.24, 2.45) is 0 Å². The van der Waals surface area contributed by atoms with Crippen LogP contribution in [0.15, 0.2) is 66.9 Å². The Kier molecular flexibility index (Phi) is 5.62. The second kappa shape index (κ2) is 8.71. The van der Waals surface area contributed by atoms with Crippen molar-refractivity contribution < 1.29 is 14.3 Å². The van der Waals surface area contributed by atoms with Gasteiger partial charge in [-0.15, -0.1) is 0 Å². The Labute approximate surface area is 189 Å². The molecule has 0 saturated carbocycles. The molecule has 3 heterocycles. The molecule has 2 unspecified atom stereocenters. The summed E-state index contributed by atoms with van der Waals surface area (Å²) in [4.78, 5) is 18.1. The standard InChI is InChI=1S/C26H29N3O3/c1-31-23-12-11-20(17-24(23)32-2)18-27-13-7-15-29-25(27)21-10-6-14-28(21)22(26(29)30)16-19-8-4-3-5-9-19/h3-6,8-12,14,17,22,25H,7,13,15-16,18H2,1-2H3. The van der Waals surface area contributed by atoms with Crippen LogP contribution in [0.4, 0.5) is 0 Å². The van der Waals surface area contributed by atoms with Gasteiger partial charge < -0.3 is 18.9 Å². The third-order valence-electron chi connectivity index (χ3n) is 6.57. The topological polar surface area (TPSA) is 46.9 Å². The van der Waals surface area contributed by atoms with Gasteiger partial charge in [-0.3, -0.25) is 9.69 Å². The Hall–Kier alpha value is -3.25. The van der Waals surface area contributed by atoms with Crippen LogP contribution < -0.4 is 9.47 Å². The van der Waals surface area contributed by atoms with Crippen molar-refractivity contribution in [2.75, 3.05) is 27.3 Å². The fourth-order valence-corrected chi connectivity index (χ4v) is 5.09. The number of aromatic nitrogens is 1. The summed E-state index contributed by atoms with van der Waals surface area (Å²) in [6, 6.07) is 20.4. The SMILES string of the molecule is COc1ccc(CN2CCCN3C(=O)C(Cc4ccccc4)n4cccc4C23)cc1OC. The monoisotopic (exact) mass is 431 g/mol. The molecular weight excluding hydrogens is 402 g/mol. The molecule has 3 aromatic rings. The number of carbonyl (C=O) groups excluding carboxylic acids is 1. The van der Waals surface area contributed by atoms with Gasteiger partial charge in [0, 0.05) is 32.3 Å². The molecule has 2 aliphatic rings. The minimum absolute atomic E-state index is 0.0497. The van der Waals surface area contributed by atoms with Gasteiger partial charge in [0.1, 0.15) is 12.2 Å². The van der Waals surface area contributed by atoms with Crippen molar-refractivity contribution in [1.29, 1.82) is 0 Å². The fourth-order valence-electron chi connectivity index (χ4n) is 5.09. The molecule has 0 radical (unpaired) electrons.